The summed E-state index contributed by atoms with van der Waals surface area (Å²) in [5.74, 6) is -5.23. The molecule has 0 bridgehead atoms. The minimum Gasteiger partial charge on any atom is -0.481 e. The van der Waals surface area contributed by atoms with Gasteiger partial charge in [-0.2, -0.15) is 0 Å². The van der Waals surface area contributed by atoms with E-state index in [0.29, 0.717) is 0 Å². The summed E-state index contributed by atoms with van der Waals surface area (Å²) < 4.78 is 5.07. The standard InChI is InChI=1S/C10H20O6.4C2H4O2/c1-5(2)3-10(15)9(14)8(13)7(12)6(4-11)16-10;4*1-2(3)4/h5-9,11-15H,3-4H2,1-2H3;4*1H3,(H,3,4)/t6-,7+,8+,9-,10-;;;;/m1..../s1. The second-order valence-corrected chi connectivity index (χ2v) is 6.78. The second-order valence-electron chi connectivity index (χ2n) is 6.78. The molecule has 5 atom stereocenters. The van der Waals surface area contributed by atoms with Crippen LogP contribution in [0.4, 0.5) is 0 Å². The molecule has 14 nitrogen and oxygen atoms in total. The van der Waals surface area contributed by atoms with Gasteiger partial charge in [0, 0.05) is 34.1 Å². The molecule has 0 spiro atoms. The maximum absolute atomic E-state index is 10.0. The van der Waals surface area contributed by atoms with Gasteiger partial charge >= 0.3 is 0 Å². The average Bonchev–Trinajstić information content (AvgIpc) is 2.54. The number of aliphatic carboxylic acids is 4. The van der Waals surface area contributed by atoms with E-state index in [1.807, 2.05) is 13.8 Å². The quantitative estimate of drug-likeness (QED) is 0.226. The number of aliphatic hydroxyl groups is 5. The highest BCUT2D eigenvalue weighted by Gasteiger charge is 2.52. The van der Waals surface area contributed by atoms with E-state index in [1.165, 1.54) is 0 Å². The Kier molecular flexibility index (Phi) is 22.3. The molecule has 1 rings (SSSR count). The summed E-state index contributed by atoms with van der Waals surface area (Å²) in [4.78, 5) is 36.0. The topological polar surface area (TPSA) is 260 Å². The minimum atomic E-state index is -1.93. The Morgan fingerprint density at radius 2 is 1.06 bits per heavy atom. The van der Waals surface area contributed by atoms with Crippen molar-refractivity contribution < 1.29 is 69.9 Å². The normalized spacial score (nSPS) is 25.6. The van der Waals surface area contributed by atoms with Gasteiger partial charge in [0.15, 0.2) is 5.79 Å². The molecule has 14 heteroatoms. The first-order valence-electron chi connectivity index (χ1n) is 9.08. The van der Waals surface area contributed by atoms with E-state index >= 15 is 0 Å². The summed E-state index contributed by atoms with van der Waals surface area (Å²) in [5.41, 5.74) is 0. The molecule has 0 unspecified atom stereocenters. The highest BCUT2D eigenvalue weighted by atomic mass is 16.7. The number of carboxylic acids is 4. The number of hydrogen-bond acceptors (Lipinski definition) is 10. The van der Waals surface area contributed by atoms with Gasteiger partial charge in [0.25, 0.3) is 23.9 Å². The van der Waals surface area contributed by atoms with Crippen LogP contribution in [-0.4, -0.2) is 107 Å². The summed E-state index contributed by atoms with van der Waals surface area (Å²) in [7, 11) is 0. The van der Waals surface area contributed by atoms with Crippen molar-refractivity contribution in [3.05, 3.63) is 0 Å². The Bertz CT molecular complexity index is 484. The second kappa shape index (κ2) is 19.3. The molecular weight excluding hydrogens is 440 g/mol. The van der Waals surface area contributed by atoms with Gasteiger partial charge in [-0.1, -0.05) is 13.8 Å². The van der Waals surface area contributed by atoms with Crippen LogP contribution in [0.5, 0.6) is 0 Å². The van der Waals surface area contributed by atoms with Crippen LogP contribution in [-0.2, 0) is 23.9 Å². The van der Waals surface area contributed by atoms with Crippen molar-refractivity contribution >= 4 is 23.9 Å². The van der Waals surface area contributed by atoms with Gasteiger partial charge in [-0.05, 0) is 5.92 Å². The van der Waals surface area contributed by atoms with E-state index in [4.69, 9.17) is 49.4 Å². The number of hydrogen-bond donors (Lipinski definition) is 9. The van der Waals surface area contributed by atoms with Crippen LogP contribution in [0.1, 0.15) is 48.0 Å². The van der Waals surface area contributed by atoms with Gasteiger partial charge in [0.2, 0.25) is 0 Å². The molecule has 32 heavy (non-hydrogen) atoms. The van der Waals surface area contributed by atoms with Gasteiger partial charge in [-0.3, -0.25) is 19.2 Å². The van der Waals surface area contributed by atoms with E-state index in [0.717, 1.165) is 27.7 Å². The highest BCUT2D eigenvalue weighted by molar-refractivity contribution is 5.63. The fourth-order valence-electron chi connectivity index (χ4n) is 1.97. The molecule has 0 aliphatic carbocycles. The molecule has 0 aromatic carbocycles. The van der Waals surface area contributed by atoms with Crippen LogP contribution in [0, 0.1) is 5.92 Å². The smallest absolute Gasteiger partial charge is 0.300 e. The fourth-order valence-corrected chi connectivity index (χ4v) is 1.97. The van der Waals surface area contributed by atoms with Gasteiger partial charge in [0.05, 0.1) is 6.61 Å². The lowest BCUT2D eigenvalue weighted by atomic mass is 9.88. The van der Waals surface area contributed by atoms with Crippen LogP contribution in [0.25, 0.3) is 0 Å². The zero-order chi connectivity index (χ0) is 26.8. The molecule has 0 aromatic heterocycles. The van der Waals surface area contributed by atoms with Gasteiger partial charge in [-0.15, -0.1) is 0 Å². The molecule has 1 saturated heterocycles. The highest BCUT2D eigenvalue weighted by Crippen LogP contribution is 2.32. The van der Waals surface area contributed by atoms with Crippen molar-refractivity contribution in [1.29, 1.82) is 0 Å². The maximum atomic E-state index is 10.0. The predicted octanol–water partition coefficient (Wildman–Crippen LogP) is -1.44. The Labute approximate surface area is 185 Å². The van der Waals surface area contributed by atoms with E-state index < -0.39 is 60.7 Å². The van der Waals surface area contributed by atoms with Crippen LogP contribution in [0.15, 0.2) is 0 Å². The number of aliphatic hydroxyl groups excluding tert-OH is 4. The Balaban J connectivity index is -0.000000200. The zero-order valence-corrected chi connectivity index (χ0v) is 18.9. The van der Waals surface area contributed by atoms with Crippen molar-refractivity contribution in [1.82, 2.24) is 0 Å². The predicted molar refractivity (Wildman–Crippen MR) is 108 cm³/mol. The molecule has 0 aromatic rings. The largest absolute Gasteiger partial charge is 0.481 e. The lowest BCUT2D eigenvalue weighted by Gasteiger charge is -2.46. The molecule has 192 valence electrons. The van der Waals surface area contributed by atoms with Crippen molar-refractivity contribution in [2.24, 2.45) is 5.92 Å². The third kappa shape index (κ3) is 25.7. The SMILES string of the molecule is CC(=O)O.CC(=O)O.CC(=O)O.CC(=O)O.CC(C)C[C@@]1(O)O[C@H](CO)[C@H](O)[C@H](O)[C@H]1O. The van der Waals surface area contributed by atoms with Crippen LogP contribution >= 0.6 is 0 Å². The van der Waals surface area contributed by atoms with Gasteiger partial charge < -0.3 is 50.7 Å². The molecular formula is C18H36O14. The van der Waals surface area contributed by atoms with Crippen LogP contribution < -0.4 is 0 Å². The summed E-state index contributed by atoms with van der Waals surface area (Å²) in [6.45, 7) is 7.43. The van der Waals surface area contributed by atoms with E-state index in [2.05, 4.69) is 0 Å². The maximum Gasteiger partial charge on any atom is 0.300 e. The zero-order valence-electron chi connectivity index (χ0n) is 18.9. The van der Waals surface area contributed by atoms with Crippen molar-refractivity contribution in [3.63, 3.8) is 0 Å². The molecule has 0 saturated carbocycles. The molecule has 0 radical (unpaired) electrons. The first kappa shape index (κ1) is 37.0. The van der Waals surface area contributed by atoms with Gasteiger partial charge in [-0.25, -0.2) is 0 Å². The molecule has 1 fully saturated rings. The summed E-state index contributed by atoms with van der Waals surface area (Å²) in [5, 5.41) is 77.3. The number of ether oxygens (including phenoxy) is 1. The molecule has 1 aliphatic heterocycles. The van der Waals surface area contributed by atoms with Crippen molar-refractivity contribution in [2.75, 3.05) is 6.61 Å². The fraction of sp³-hybridized carbons (Fsp3) is 0.778. The lowest BCUT2D eigenvalue weighted by molar-refractivity contribution is -0.353. The van der Waals surface area contributed by atoms with E-state index in [9.17, 15) is 20.4 Å². The first-order valence-corrected chi connectivity index (χ1v) is 9.08. The Morgan fingerprint density at radius 3 is 1.28 bits per heavy atom. The van der Waals surface area contributed by atoms with Crippen LogP contribution in [0.2, 0.25) is 0 Å². The Hall–Kier alpha value is -2.36. The van der Waals surface area contributed by atoms with Crippen molar-refractivity contribution in [2.45, 2.75) is 78.2 Å². The summed E-state index contributed by atoms with van der Waals surface area (Å²) >= 11 is 0. The monoisotopic (exact) mass is 476 g/mol. The van der Waals surface area contributed by atoms with Crippen LogP contribution in [0.3, 0.4) is 0 Å². The number of carbonyl (C=O) groups is 4. The van der Waals surface area contributed by atoms with Crippen molar-refractivity contribution in [3.8, 4) is 0 Å². The minimum absolute atomic E-state index is 0.0291. The summed E-state index contributed by atoms with van der Waals surface area (Å²) in [6.07, 6.45) is -5.52. The number of rotatable bonds is 3. The average molecular weight is 476 g/mol. The molecule has 1 heterocycles. The number of carboxylic acid groups (broad SMARTS) is 4. The third-order valence-electron chi connectivity index (χ3n) is 2.75. The summed E-state index contributed by atoms with van der Waals surface area (Å²) in [6, 6.07) is 0. The molecule has 0 amide bonds. The van der Waals surface area contributed by atoms with E-state index in [-0.39, 0.29) is 12.3 Å². The van der Waals surface area contributed by atoms with E-state index in [1.54, 1.807) is 0 Å². The van der Waals surface area contributed by atoms with Gasteiger partial charge in [0.1, 0.15) is 24.4 Å². The first-order chi connectivity index (χ1) is 14.2. The Morgan fingerprint density at radius 1 is 0.781 bits per heavy atom. The lowest BCUT2D eigenvalue weighted by Crippen LogP contribution is -2.65. The molecule has 1 aliphatic rings. The molecule has 9 N–H and O–H groups in total. The third-order valence-corrected chi connectivity index (χ3v) is 2.75.